The SMILES string of the molecule is C1=CC=Cc2ccccc2COCCCC=C1. The van der Waals surface area contributed by atoms with Gasteiger partial charge in [0.25, 0.3) is 0 Å². The van der Waals surface area contributed by atoms with Crippen molar-refractivity contribution in [1.82, 2.24) is 0 Å². The maximum absolute atomic E-state index is 5.69. The molecule has 88 valence electrons. The summed E-state index contributed by atoms with van der Waals surface area (Å²) in [7, 11) is 0. The molecule has 0 spiro atoms. The molecule has 0 aliphatic carbocycles. The molecule has 2 rings (SSSR count). The molecule has 0 unspecified atom stereocenters. The quantitative estimate of drug-likeness (QED) is 0.646. The van der Waals surface area contributed by atoms with Gasteiger partial charge in [0, 0.05) is 6.61 Å². The second kappa shape index (κ2) is 6.87. The fourth-order valence-electron chi connectivity index (χ4n) is 1.78. The Labute approximate surface area is 103 Å². The molecule has 1 aliphatic rings. The normalized spacial score (nSPS) is 16.7. The first-order valence-electron chi connectivity index (χ1n) is 6.12. The zero-order valence-electron chi connectivity index (χ0n) is 10.0. The third kappa shape index (κ3) is 4.04. The van der Waals surface area contributed by atoms with Crippen molar-refractivity contribution in [3.63, 3.8) is 0 Å². The summed E-state index contributed by atoms with van der Waals surface area (Å²) in [6.07, 6.45) is 14.8. The monoisotopic (exact) mass is 226 g/mol. The molecule has 0 fully saturated rings. The smallest absolute Gasteiger partial charge is 0.0722 e. The van der Waals surface area contributed by atoms with Crippen LogP contribution in [0.25, 0.3) is 6.08 Å². The molecule has 0 radical (unpaired) electrons. The largest absolute Gasteiger partial charge is 0.377 e. The molecule has 1 heteroatoms. The van der Waals surface area contributed by atoms with E-state index in [9.17, 15) is 0 Å². The number of ether oxygens (including phenoxy) is 1. The van der Waals surface area contributed by atoms with E-state index in [-0.39, 0.29) is 0 Å². The van der Waals surface area contributed by atoms with Crippen molar-refractivity contribution in [2.45, 2.75) is 19.4 Å². The Balaban J connectivity index is 2.17. The van der Waals surface area contributed by atoms with Gasteiger partial charge in [-0.1, -0.05) is 60.7 Å². The van der Waals surface area contributed by atoms with Crippen molar-refractivity contribution >= 4 is 6.08 Å². The summed E-state index contributed by atoms with van der Waals surface area (Å²) >= 11 is 0. The van der Waals surface area contributed by atoms with Gasteiger partial charge >= 0.3 is 0 Å². The molecule has 0 saturated heterocycles. The summed E-state index contributed by atoms with van der Waals surface area (Å²) in [6, 6.07) is 8.37. The van der Waals surface area contributed by atoms with Crippen molar-refractivity contribution in [3.8, 4) is 0 Å². The van der Waals surface area contributed by atoms with Gasteiger partial charge in [0.1, 0.15) is 0 Å². The van der Waals surface area contributed by atoms with Crippen LogP contribution in [0.3, 0.4) is 0 Å². The predicted octanol–water partition coefficient (Wildman–Crippen LogP) is 4.12. The maximum Gasteiger partial charge on any atom is 0.0722 e. The fourth-order valence-corrected chi connectivity index (χ4v) is 1.78. The first-order valence-corrected chi connectivity index (χ1v) is 6.12. The number of hydrogen-bond donors (Lipinski definition) is 0. The van der Waals surface area contributed by atoms with Crippen LogP contribution in [0.5, 0.6) is 0 Å². The summed E-state index contributed by atoms with van der Waals surface area (Å²) < 4.78 is 5.69. The second-order valence-corrected chi connectivity index (χ2v) is 4.07. The van der Waals surface area contributed by atoms with Gasteiger partial charge in [-0.15, -0.1) is 0 Å². The van der Waals surface area contributed by atoms with E-state index < -0.39 is 0 Å². The van der Waals surface area contributed by atoms with Crippen molar-refractivity contribution in [2.75, 3.05) is 6.61 Å². The molecule has 17 heavy (non-hydrogen) atoms. The Bertz CT molecular complexity index is 427. The van der Waals surface area contributed by atoms with E-state index in [0.29, 0.717) is 6.61 Å². The van der Waals surface area contributed by atoms with Gasteiger partial charge in [-0.3, -0.25) is 0 Å². The Morgan fingerprint density at radius 2 is 1.82 bits per heavy atom. The van der Waals surface area contributed by atoms with Crippen LogP contribution in [-0.4, -0.2) is 6.61 Å². The highest BCUT2D eigenvalue weighted by molar-refractivity contribution is 5.55. The summed E-state index contributed by atoms with van der Waals surface area (Å²) in [5, 5.41) is 0. The lowest BCUT2D eigenvalue weighted by Crippen LogP contribution is -1.97. The molecule has 0 aromatic heterocycles. The Kier molecular flexibility index (Phi) is 4.80. The number of allylic oxidation sites excluding steroid dienone is 5. The van der Waals surface area contributed by atoms with E-state index in [1.807, 2.05) is 0 Å². The van der Waals surface area contributed by atoms with Gasteiger partial charge in [-0.25, -0.2) is 0 Å². The number of rotatable bonds is 0. The fraction of sp³-hybridized carbons (Fsp3) is 0.250. The minimum Gasteiger partial charge on any atom is -0.377 e. The molecular weight excluding hydrogens is 208 g/mol. The van der Waals surface area contributed by atoms with Crippen molar-refractivity contribution in [2.24, 2.45) is 0 Å². The zero-order chi connectivity index (χ0) is 11.8. The molecule has 1 aliphatic heterocycles. The number of fused-ring (bicyclic) bond motifs is 1. The highest BCUT2D eigenvalue weighted by Gasteiger charge is 1.98. The zero-order valence-corrected chi connectivity index (χ0v) is 10.0. The van der Waals surface area contributed by atoms with Crippen molar-refractivity contribution in [1.29, 1.82) is 0 Å². The average molecular weight is 226 g/mol. The minimum absolute atomic E-state index is 0.702. The summed E-state index contributed by atoms with van der Waals surface area (Å²) in [6.45, 7) is 1.53. The molecule has 1 nitrogen and oxygen atoms in total. The van der Waals surface area contributed by atoms with E-state index in [2.05, 4.69) is 60.7 Å². The first kappa shape index (κ1) is 11.9. The van der Waals surface area contributed by atoms with E-state index in [0.717, 1.165) is 19.4 Å². The highest BCUT2D eigenvalue weighted by atomic mass is 16.5. The lowest BCUT2D eigenvalue weighted by molar-refractivity contribution is 0.119. The minimum atomic E-state index is 0.702. The van der Waals surface area contributed by atoms with Gasteiger partial charge < -0.3 is 4.74 Å². The second-order valence-electron chi connectivity index (χ2n) is 4.07. The Hall–Kier alpha value is -1.60. The number of benzene rings is 1. The van der Waals surface area contributed by atoms with Crippen LogP contribution >= 0.6 is 0 Å². The number of hydrogen-bond acceptors (Lipinski definition) is 1. The molecule has 0 saturated carbocycles. The van der Waals surface area contributed by atoms with Gasteiger partial charge in [-0.05, 0) is 24.0 Å². The van der Waals surface area contributed by atoms with Crippen LogP contribution in [0.1, 0.15) is 24.0 Å². The highest BCUT2D eigenvalue weighted by Crippen LogP contribution is 2.12. The summed E-state index contributed by atoms with van der Waals surface area (Å²) in [5.41, 5.74) is 2.49. The van der Waals surface area contributed by atoms with E-state index in [1.54, 1.807) is 0 Å². The van der Waals surface area contributed by atoms with Crippen LogP contribution < -0.4 is 0 Å². The molecule has 0 amide bonds. The van der Waals surface area contributed by atoms with Crippen molar-refractivity contribution in [3.05, 3.63) is 65.8 Å². The summed E-state index contributed by atoms with van der Waals surface area (Å²) in [4.78, 5) is 0. The van der Waals surface area contributed by atoms with Crippen LogP contribution in [0.15, 0.2) is 54.6 Å². The van der Waals surface area contributed by atoms with E-state index >= 15 is 0 Å². The third-order valence-corrected chi connectivity index (χ3v) is 2.72. The lowest BCUT2D eigenvalue weighted by Gasteiger charge is -2.06. The molecule has 0 bridgehead atoms. The Morgan fingerprint density at radius 3 is 2.82 bits per heavy atom. The third-order valence-electron chi connectivity index (χ3n) is 2.72. The van der Waals surface area contributed by atoms with Crippen LogP contribution in [0.2, 0.25) is 0 Å². The molecule has 0 atom stereocenters. The molecule has 1 aromatic carbocycles. The standard InChI is InChI=1S/C16H18O/c1-2-4-6-10-15-11-7-8-12-16(15)14-17-13-9-5-3-1/h1-4,6-8,10-12H,5,9,13-14H2. The molecule has 1 heterocycles. The molecule has 0 N–H and O–H groups in total. The average Bonchev–Trinajstić information content (AvgIpc) is 2.38. The van der Waals surface area contributed by atoms with E-state index in [1.165, 1.54) is 11.1 Å². The summed E-state index contributed by atoms with van der Waals surface area (Å²) in [5.74, 6) is 0. The van der Waals surface area contributed by atoms with Crippen LogP contribution in [0, 0.1) is 0 Å². The first-order chi connectivity index (χ1) is 8.47. The van der Waals surface area contributed by atoms with Gasteiger partial charge in [-0.2, -0.15) is 0 Å². The molecule has 1 aromatic rings. The van der Waals surface area contributed by atoms with E-state index in [4.69, 9.17) is 4.74 Å². The van der Waals surface area contributed by atoms with Gasteiger partial charge in [0.05, 0.1) is 6.61 Å². The topological polar surface area (TPSA) is 9.23 Å². The van der Waals surface area contributed by atoms with Gasteiger partial charge in [0.15, 0.2) is 0 Å². The van der Waals surface area contributed by atoms with Gasteiger partial charge in [0.2, 0.25) is 0 Å². The Morgan fingerprint density at radius 1 is 0.941 bits per heavy atom. The van der Waals surface area contributed by atoms with Crippen LogP contribution in [-0.2, 0) is 11.3 Å². The predicted molar refractivity (Wildman–Crippen MR) is 72.6 cm³/mol. The van der Waals surface area contributed by atoms with Crippen molar-refractivity contribution < 1.29 is 4.74 Å². The molecular formula is C16H18O. The van der Waals surface area contributed by atoms with Crippen LogP contribution in [0.4, 0.5) is 0 Å². The lowest BCUT2D eigenvalue weighted by atomic mass is 10.1. The maximum atomic E-state index is 5.69.